The van der Waals surface area contributed by atoms with Gasteiger partial charge in [0.25, 0.3) is 0 Å². The van der Waals surface area contributed by atoms with Gasteiger partial charge in [0.2, 0.25) is 0 Å². The second-order valence-corrected chi connectivity index (χ2v) is 4.64. The van der Waals surface area contributed by atoms with Crippen molar-refractivity contribution in [1.82, 2.24) is 5.32 Å². The van der Waals surface area contributed by atoms with Gasteiger partial charge in [0.15, 0.2) is 0 Å². The van der Waals surface area contributed by atoms with Gasteiger partial charge in [0.05, 0.1) is 0 Å². The van der Waals surface area contributed by atoms with Crippen molar-refractivity contribution in [3.8, 4) is 11.1 Å². The number of nitrogens with one attached hydrogen (secondary N) is 1. The summed E-state index contributed by atoms with van der Waals surface area (Å²) in [5.41, 5.74) is 3.10. The molecule has 0 amide bonds. The van der Waals surface area contributed by atoms with E-state index in [9.17, 15) is 0 Å². The van der Waals surface area contributed by atoms with Gasteiger partial charge in [-0.25, -0.2) is 0 Å². The Bertz CT molecular complexity index is 526. The average Bonchev–Trinajstić information content (AvgIpc) is 2.31. The van der Waals surface area contributed by atoms with Crippen LogP contribution >= 0.6 is 35.6 Å². The van der Waals surface area contributed by atoms with Gasteiger partial charge in [-0.05, 0) is 24.7 Å². The van der Waals surface area contributed by atoms with E-state index in [4.69, 9.17) is 23.2 Å². The van der Waals surface area contributed by atoms with Gasteiger partial charge in [-0.15, -0.1) is 12.4 Å². The SMILES string of the molecule is CNCc1ccc(-c2ccccc2Cl)c(Cl)c1.Cl. The Balaban J connectivity index is 0.00000162. The topological polar surface area (TPSA) is 12.0 Å². The monoisotopic (exact) mass is 301 g/mol. The second kappa shape index (κ2) is 7.01. The van der Waals surface area contributed by atoms with Crippen LogP contribution in [0.4, 0.5) is 0 Å². The van der Waals surface area contributed by atoms with Gasteiger partial charge >= 0.3 is 0 Å². The van der Waals surface area contributed by atoms with Gasteiger partial charge < -0.3 is 5.32 Å². The maximum atomic E-state index is 6.29. The van der Waals surface area contributed by atoms with Crippen molar-refractivity contribution >= 4 is 35.6 Å². The first kappa shape index (κ1) is 15.3. The molecule has 0 saturated carbocycles. The minimum Gasteiger partial charge on any atom is -0.316 e. The third-order valence-corrected chi connectivity index (χ3v) is 3.22. The van der Waals surface area contributed by atoms with Crippen molar-refractivity contribution in [3.05, 3.63) is 58.1 Å². The lowest BCUT2D eigenvalue weighted by Gasteiger charge is -2.08. The van der Waals surface area contributed by atoms with E-state index >= 15 is 0 Å². The molecule has 0 aromatic heterocycles. The Morgan fingerprint density at radius 3 is 2.22 bits per heavy atom. The van der Waals surface area contributed by atoms with Crippen molar-refractivity contribution in [2.75, 3.05) is 7.05 Å². The van der Waals surface area contributed by atoms with E-state index in [0.717, 1.165) is 33.3 Å². The summed E-state index contributed by atoms with van der Waals surface area (Å²) >= 11 is 12.4. The quantitative estimate of drug-likeness (QED) is 0.858. The van der Waals surface area contributed by atoms with E-state index in [-0.39, 0.29) is 12.4 Å². The van der Waals surface area contributed by atoms with Crippen molar-refractivity contribution in [3.63, 3.8) is 0 Å². The zero-order valence-electron chi connectivity index (χ0n) is 9.91. The molecule has 0 bridgehead atoms. The minimum absolute atomic E-state index is 0. The summed E-state index contributed by atoms with van der Waals surface area (Å²) in [4.78, 5) is 0. The van der Waals surface area contributed by atoms with E-state index < -0.39 is 0 Å². The van der Waals surface area contributed by atoms with Crippen LogP contribution in [-0.2, 0) is 6.54 Å². The lowest BCUT2D eigenvalue weighted by atomic mass is 10.0. The summed E-state index contributed by atoms with van der Waals surface area (Å²) in [5, 5.41) is 4.54. The first-order chi connectivity index (χ1) is 8.22. The summed E-state index contributed by atoms with van der Waals surface area (Å²) in [5.74, 6) is 0. The molecule has 96 valence electrons. The highest BCUT2D eigenvalue weighted by Gasteiger charge is 2.07. The average molecular weight is 303 g/mol. The Morgan fingerprint density at radius 1 is 0.944 bits per heavy atom. The van der Waals surface area contributed by atoms with E-state index in [1.165, 1.54) is 0 Å². The summed E-state index contributed by atoms with van der Waals surface area (Å²) in [6.45, 7) is 0.808. The van der Waals surface area contributed by atoms with Crippen molar-refractivity contribution in [2.45, 2.75) is 6.54 Å². The maximum Gasteiger partial charge on any atom is 0.0488 e. The molecule has 0 heterocycles. The van der Waals surface area contributed by atoms with Crippen LogP contribution in [0, 0.1) is 0 Å². The molecule has 2 aromatic rings. The van der Waals surface area contributed by atoms with E-state index in [2.05, 4.69) is 11.4 Å². The fourth-order valence-corrected chi connectivity index (χ4v) is 2.31. The van der Waals surface area contributed by atoms with Gasteiger partial charge in [-0.2, -0.15) is 0 Å². The number of rotatable bonds is 3. The van der Waals surface area contributed by atoms with Crippen molar-refractivity contribution in [1.29, 1.82) is 0 Å². The second-order valence-electron chi connectivity index (χ2n) is 3.82. The third-order valence-electron chi connectivity index (χ3n) is 2.58. The highest BCUT2D eigenvalue weighted by Crippen LogP contribution is 2.33. The molecule has 1 N–H and O–H groups in total. The highest BCUT2D eigenvalue weighted by atomic mass is 35.5. The molecule has 0 aliphatic heterocycles. The molecule has 0 saturated heterocycles. The van der Waals surface area contributed by atoms with E-state index in [0.29, 0.717) is 0 Å². The lowest BCUT2D eigenvalue weighted by Crippen LogP contribution is -2.04. The fraction of sp³-hybridized carbons (Fsp3) is 0.143. The molecule has 4 heteroatoms. The number of benzene rings is 2. The Kier molecular flexibility index (Phi) is 5.97. The van der Waals surface area contributed by atoms with Crippen LogP contribution in [0.25, 0.3) is 11.1 Å². The van der Waals surface area contributed by atoms with Crippen LogP contribution in [0.15, 0.2) is 42.5 Å². The molecule has 0 atom stereocenters. The maximum absolute atomic E-state index is 6.29. The molecule has 0 aliphatic rings. The molecule has 2 aromatic carbocycles. The molecule has 0 aliphatic carbocycles. The first-order valence-corrected chi connectivity index (χ1v) is 6.16. The largest absolute Gasteiger partial charge is 0.316 e. The molecule has 2 rings (SSSR count). The number of hydrogen-bond donors (Lipinski definition) is 1. The van der Waals surface area contributed by atoms with Gasteiger partial charge in [0, 0.05) is 27.7 Å². The van der Waals surface area contributed by atoms with Crippen molar-refractivity contribution < 1.29 is 0 Å². The molecule has 0 fully saturated rings. The Hall–Kier alpha value is -0.730. The normalized spacial score (nSPS) is 9.94. The van der Waals surface area contributed by atoms with Crippen LogP contribution in [0.1, 0.15) is 5.56 Å². The van der Waals surface area contributed by atoms with Crippen LogP contribution in [0.2, 0.25) is 10.0 Å². The summed E-state index contributed by atoms with van der Waals surface area (Å²) < 4.78 is 0. The first-order valence-electron chi connectivity index (χ1n) is 5.40. The molecule has 1 nitrogen and oxygen atoms in total. The molecule has 0 unspecified atom stereocenters. The van der Waals surface area contributed by atoms with Crippen molar-refractivity contribution in [2.24, 2.45) is 0 Å². The lowest BCUT2D eigenvalue weighted by molar-refractivity contribution is 0.818. The van der Waals surface area contributed by atoms with Gasteiger partial charge in [-0.3, -0.25) is 0 Å². The predicted octanol–water partition coefficient (Wildman–Crippen LogP) is 4.80. The molecule has 18 heavy (non-hydrogen) atoms. The standard InChI is InChI=1S/C14H13Cl2N.ClH/c1-17-9-10-6-7-12(14(16)8-10)11-4-2-3-5-13(11)15;/h2-8,17H,9H2,1H3;1H. The Labute approximate surface area is 124 Å². The predicted molar refractivity (Wildman–Crippen MR) is 81.9 cm³/mol. The molecule has 0 spiro atoms. The van der Waals surface area contributed by atoms with E-state index in [1.807, 2.05) is 43.4 Å². The third kappa shape index (κ3) is 3.39. The van der Waals surface area contributed by atoms with Crippen LogP contribution < -0.4 is 5.32 Å². The molecular weight excluding hydrogens is 289 g/mol. The summed E-state index contributed by atoms with van der Waals surface area (Å²) in [6.07, 6.45) is 0. The highest BCUT2D eigenvalue weighted by molar-refractivity contribution is 6.36. The zero-order valence-corrected chi connectivity index (χ0v) is 12.2. The number of halogens is 3. The smallest absolute Gasteiger partial charge is 0.0488 e. The van der Waals surface area contributed by atoms with Crippen LogP contribution in [0.3, 0.4) is 0 Å². The van der Waals surface area contributed by atoms with Crippen LogP contribution in [-0.4, -0.2) is 7.05 Å². The number of hydrogen-bond acceptors (Lipinski definition) is 1. The zero-order chi connectivity index (χ0) is 12.3. The Morgan fingerprint density at radius 2 is 1.61 bits per heavy atom. The summed E-state index contributed by atoms with van der Waals surface area (Å²) in [6, 6.07) is 13.7. The molecule has 0 radical (unpaired) electrons. The summed E-state index contributed by atoms with van der Waals surface area (Å²) in [7, 11) is 1.91. The van der Waals surface area contributed by atoms with Crippen LogP contribution in [0.5, 0.6) is 0 Å². The van der Waals surface area contributed by atoms with Gasteiger partial charge in [0.1, 0.15) is 0 Å². The van der Waals surface area contributed by atoms with Gasteiger partial charge in [-0.1, -0.05) is 53.5 Å². The van der Waals surface area contributed by atoms with E-state index in [1.54, 1.807) is 0 Å². The minimum atomic E-state index is 0. The molecular formula is C14H14Cl3N. The fourth-order valence-electron chi connectivity index (χ4n) is 1.77.